The molecule has 1 aliphatic rings. The lowest BCUT2D eigenvalue weighted by Crippen LogP contribution is -2.62. The molecular formula is C30H33N3O6. The summed E-state index contributed by atoms with van der Waals surface area (Å²) in [5.74, 6) is -1.19. The summed E-state index contributed by atoms with van der Waals surface area (Å²) in [5.41, 5.74) is 3.35. The fourth-order valence-corrected chi connectivity index (χ4v) is 4.46. The first-order chi connectivity index (χ1) is 18.5. The summed E-state index contributed by atoms with van der Waals surface area (Å²) in [6.07, 6.45) is 1.91. The minimum absolute atomic E-state index is 0.266. The maximum atomic E-state index is 13.4. The second kappa shape index (κ2) is 11.6. The van der Waals surface area contributed by atoms with E-state index in [1.165, 1.54) is 0 Å². The Hall–Kier alpha value is -4.40. The molecule has 204 valence electrons. The van der Waals surface area contributed by atoms with Crippen LogP contribution in [0.5, 0.6) is 5.75 Å². The molecule has 2 atom stereocenters. The number of aliphatic carboxylic acids is 1. The van der Waals surface area contributed by atoms with Crippen LogP contribution in [-0.4, -0.2) is 46.8 Å². The number of benzene rings is 2. The van der Waals surface area contributed by atoms with Gasteiger partial charge in [-0.25, -0.2) is 9.59 Å². The van der Waals surface area contributed by atoms with Crippen LogP contribution in [0.15, 0.2) is 66.9 Å². The second-order valence-corrected chi connectivity index (χ2v) is 10.5. The highest BCUT2D eigenvalue weighted by Crippen LogP contribution is 2.28. The van der Waals surface area contributed by atoms with Crippen LogP contribution in [0.2, 0.25) is 0 Å². The second-order valence-electron chi connectivity index (χ2n) is 10.5. The number of carboxylic acid groups (broad SMARTS) is 1. The van der Waals surface area contributed by atoms with Gasteiger partial charge in [0.1, 0.15) is 17.4 Å². The largest absolute Gasteiger partial charge is 0.497 e. The number of nitrogens with zero attached hydrogens (tertiary/aromatic N) is 2. The molecule has 3 aromatic rings. The monoisotopic (exact) mass is 531 g/mol. The highest BCUT2D eigenvalue weighted by Gasteiger charge is 2.43. The molecule has 1 aromatic heterocycles. The number of amides is 2. The summed E-state index contributed by atoms with van der Waals surface area (Å²) in [6, 6.07) is 17.9. The highest BCUT2D eigenvalue weighted by molar-refractivity contribution is 5.96. The zero-order valence-corrected chi connectivity index (χ0v) is 22.5. The molecule has 1 saturated heterocycles. The average molecular weight is 532 g/mol. The van der Waals surface area contributed by atoms with Crippen molar-refractivity contribution in [2.45, 2.75) is 51.8 Å². The summed E-state index contributed by atoms with van der Waals surface area (Å²) < 4.78 is 11.0. The van der Waals surface area contributed by atoms with Gasteiger partial charge in [0.25, 0.3) is 0 Å². The zero-order valence-electron chi connectivity index (χ0n) is 22.5. The summed E-state index contributed by atoms with van der Waals surface area (Å²) in [6.45, 7) is 5.77. The Kier molecular flexibility index (Phi) is 8.18. The number of ether oxygens (including phenoxy) is 2. The molecule has 9 nitrogen and oxygen atoms in total. The Labute approximate surface area is 227 Å². The summed E-state index contributed by atoms with van der Waals surface area (Å²) >= 11 is 0. The number of hydrogen-bond donors (Lipinski definition) is 2. The number of methoxy groups -OCH3 is 1. The van der Waals surface area contributed by atoms with Gasteiger partial charge in [-0.05, 0) is 74.2 Å². The van der Waals surface area contributed by atoms with Crippen LogP contribution >= 0.6 is 0 Å². The molecule has 0 spiro atoms. The van der Waals surface area contributed by atoms with Crippen molar-refractivity contribution in [1.82, 2.24) is 10.3 Å². The van der Waals surface area contributed by atoms with Gasteiger partial charge in [-0.3, -0.25) is 14.7 Å². The maximum absolute atomic E-state index is 13.4. The third-order valence-corrected chi connectivity index (χ3v) is 6.41. The van der Waals surface area contributed by atoms with Gasteiger partial charge in [-0.15, -0.1) is 0 Å². The van der Waals surface area contributed by atoms with Crippen molar-refractivity contribution in [2.24, 2.45) is 5.92 Å². The SMILES string of the molecule is COc1ccc(CN(C(=O)OC(C)(C)C)c2ccccc2Cc2cc(C[C@H]3C(=O)N[C@@H]3C(=O)O)ccn2)cc1. The average Bonchev–Trinajstić information content (AvgIpc) is 2.89. The lowest BCUT2D eigenvalue weighted by Gasteiger charge is -2.33. The van der Waals surface area contributed by atoms with E-state index < -0.39 is 29.6 Å². The number of carboxylic acids is 1. The first-order valence-corrected chi connectivity index (χ1v) is 12.7. The molecule has 39 heavy (non-hydrogen) atoms. The van der Waals surface area contributed by atoms with Gasteiger partial charge in [0, 0.05) is 18.3 Å². The predicted molar refractivity (Wildman–Crippen MR) is 146 cm³/mol. The van der Waals surface area contributed by atoms with Crippen LogP contribution in [0.3, 0.4) is 0 Å². The van der Waals surface area contributed by atoms with Crippen molar-refractivity contribution < 1.29 is 29.0 Å². The number of pyridine rings is 1. The number of nitrogens with one attached hydrogen (secondary N) is 1. The topological polar surface area (TPSA) is 118 Å². The van der Waals surface area contributed by atoms with Crippen molar-refractivity contribution >= 4 is 23.7 Å². The van der Waals surface area contributed by atoms with Crippen molar-refractivity contribution in [3.05, 3.63) is 89.2 Å². The number of carbonyl (C=O) groups excluding carboxylic acids is 2. The van der Waals surface area contributed by atoms with Gasteiger partial charge in [-0.2, -0.15) is 0 Å². The van der Waals surface area contributed by atoms with Gasteiger partial charge in [-0.1, -0.05) is 30.3 Å². The lowest BCUT2D eigenvalue weighted by molar-refractivity contribution is -0.153. The Morgan fingerprint density at radius 3 is 2.41 bits per heavy atom. The lowest BCUT2D eigenvalue weighted by atomic mass is 9.85. The molecule has 9 heteroatoms. The van der Waals surface area contributed by atoms with E-state index in [1.807, 2.05) is 75.4 Å². The third-order valence-electron chi connectivity index (χ3n) is 6.41. The van der Waals surface area contributed by atoms with E-state index in [0.29, 0.717) is 18.5 Å². The van der Waals surface area contributed by atoms with Crippen molar-refractivity contribution in [3.8, 4) is 5.75 Å². The molecule has 2 N–H and O–H groups in total. The van der Waals surface area contributed by atoms with Gasteiger partial charge >= 0.3 is 12.1 Å². The first kappa shape index (κ1) is 27.6. The standard InChI is InChI=1S/C30H33N3O6/c1-30(2,3)39-29(37)33(18-19-9-11-23(38-4)12-10-19)25-8-6-5-7-21(25)17-22-15-20(13-14-31-22)16-24-26(28(35)36)32-27(24)34/h5-15,24,26H,16-18H2,1-4H3,(H,32,34)(H,35,36)/t24-,26+/m1/s1. The molecule has 2 amide bonds. The van der Waals surface area contributed by atoms with Gasteiger partial charge in [0.05, 0.1) is 25.3 Å². The molecule has 2 aromatic carbocycles. The summed E-state index contributed by atoms with van der Waals surface area (Å²) in [5, 5.41) is 11.7. The van der Waals surface area contributed by atoms with E-state index >= 15 is 0 Å². The highest BCUT2D eigenvalue weighted by atomic mass is 16.6. The molecule has 4 rings (SSSR count). The zero-order chi connectivity index (χ0) is 28.2. The van der Waals surface area contributed by atoms with E-state index in [2.05, 4.69) is 10.3 Å². The van der Waals surface area contributed by atoms with E-state index in [9.17, 15) is 19.5 Å². The van der Waals surface area contributed by atoms with Crippen molar-refractivity contribution in [3.63, 3.8) is 0 Å². The molecule has 0 radical (unpaired) electrons. The Morgan fingerprint density at radius 2 is 1.77 bits per heavy atom. The van der Waals surface area contributed by atoms with Crippen LogP contribution in [-0.2, 0) is 33.7 Å². The number of anilines is 1. The molecule has 0 aliphatic carbocycles. The normalized spacial score (nSPS) is 16.6. The van der Waals surface area contributed by atoms with E-state index in [4.69, 9.17) is 9.47 Å². The number of para-hydroxylation sites is 1. The van der Waals surface area contributed by atoms with Gasteiger partial charge in [0.15, 0.2) is 0 Å². The molecule has 1 fully saturated rings. The van der Waals surface area contributed by atoms with Crippen molar-refractivity contribution in [2.75, 3.05) is 12.0 Å². The van der Waals surface area contributed by atoms with Crippen LogP contribution < -0.4 is 15.0 Å². The molecule has 2 heterocycles. The van der Waals surface area contributed by atoms with Gasteiger partial charge < -0.3 is 19.9 Å². The Morgan fingerprint density at radius 1 is 1.05 bits per heavy atom. The first-order valence-electron chi connectivity index (χ1n) is 12.7. The van der Waals surface area contributed by atoms with Crippen LogP contribution in [0, 0.1) is 5.92 Å². The van der Waals surface area contributed by atoms with E-state index in [-0.39, 0.29) is 12.5 Å². The predicted octanol–water partition coefficient (Wildman–Crippen LogP) is 4.36. The number of aromatic nitrogens is 1. The number of β-lactam (4-membered cyclic amide) rings is 1. The summed E-state index contributed by atoms with van der Waals surface area (Å²) in [7, 11) is 1.60. The van der Waals surface area contributed by atoms with E-state index in [1.54, 1.807) is 24.3 Å². The van der Waals surface area contributed by atoms with Crippen molar-refractivity contribution in [1.29, 1.82) is 0 Å². The van der Waals surface area contributed by atoms with Crippen LogP contribution in [0.4, 0.5) is 10.5 Å². The third kappa shape index (κ3) is 6.93. The van der Waals surface area contributed by atoms with Crippen LogP contribution in [0.25, 0.3) is 0 Å². The fraction of sp³-hybridized carbons (Fsp3) is 0.333. The quantitative estimate of drug-likeness (QED) is 0.394. The molecule has 1 aliphatic heterocycles. The Balaban J connectivity index is 1.60. The van der Waals surface area contributed by atoms with Crippen LogP contribution in [0.1, 0.15) is 43.2 Å². The molecule has 0 bridgehead atoms. The smallest absolute Gasteiger partial charge is 0.415 e. The maximum Gasteiger partial charge on any atom is 0.415 e. The number of carbonyl (C=O) groups is 3. The number of rotatable bonds is 9. The van der Waals surface area contributed by atoms with E-state index in [0.717, 1.165) is 28.1 Å². The Bertz CT molecular complexity index is 1350. The molecule has 0 unspecified atom stereocenters. The minimum atomic E-state index is -1.04. The molecular weight excluding hydrogens is 498 g/mol. The summed E-state index contributed by atoms with van der Waals surface area (Å²) in [4.78, 5) is 42.8. The molecule has 0 saturated carbocycles. The number of hydrogen-bond acceptors (Lipinski definition) is 6. The van der Waals surface area contributed by atoms with Gasteiger partial charge in [0.2, 0.25) is 5.91 Å². The minimum Gasteiger partial charge on any atom is -0.497 e. The fourth-order valence-electron chi connectivity index (χ4n) is 4.46.